The second-order valence-electron chi connectivity index (χ2n) is 13.9. The van der Waals surface area contributed by atoms with Crippen LogP contribution in [0.2, 0.25) is 0 Å². The van der Waals surface area contributed by atoms with Gasteiger partial charge in [-0.1, -0.05) is 147 Å². The first-order chi connectivity index (χ1) is 23.1. The SMILES string of the molecule is CC1(C)c2cc(CCC(c3ccccc3)c3ccccc3)ccc2-c2c(-n3c4ccccc4c4ccc5c(c43)=CCCC=5)cccc21. The highest BCUT2D eigenvalue weighted by molar-refractivity contribution is 6.10. The molecule has 1 heterocycles. The average Bonchev–Trinajstić information content (AvgIpc) is 3.58. The van der Waals surface area contributed by atoms with Crippen molar-refractivity contribution in [2.45, 2.75) is 50.9 Å². The number of para-hydroxylation sites is 1. The van der Waals surface area contributed by atoms with Gasteiger partial charge in [0.1, 0.15) is 0 Å². The zero-order chi connectivity index (χ0) is 31.5. The number of aromatic nitrogens is 1. The fourth-order valence-corrected chi connectivity index (χ4v) is 8.57. The molecular formula is C46H39N. The standard InChI is InChI=1S/C46H39N/c1-46(2)40-21-13-23-43(47-42-22-12-11-20-37(42)38-29-26-34-18-9-10-19-36(34)45(38)47)44(40)39-28-25-31(30-41(39)46)24-27-35(32-14-5-3-6-15-32)33-16-7-4-8-17-33/h3-8,11-23,25-26,28-30,35H,9-10,24,27H2,1-2H3. The van der Waals surface area contributed by atoms with Crippen molar-refractivity contribution in [2.75, 3.05) is 0 Å². The fraction of sp³-hybridized carbons (Fsp3) is 0.174. The summed E-state index contributed by atoms with van der Waals surface area (Å²) < 4.78 is 2.57. The van der Waals surface area contributed by atoms with E-state index in [1.54, 1.807) is 0 Å². The highest BCUT2D eigenvalue weighted by atomic mass is 15.0. The molecule has 2 aliphatic rings. The highest BCUT2D eigenvalue weighted by Crippen LogP contribution is 2.52. The van der Waals surface area contributed by atoms with Crippen LogP contribution in [0.3, 0.4) is 0 Å². The van der Waals surface area contributed by atoms with Crippen LogP contribution in [0.5, 0.6) is 0 Å². The molecule has 0 atom stereocenters. The van der Waals surface area contributed by atoms with E-state index in [1.807, 2.05) is 0 Å². The molecule has 0 radical (unpaired) electrons. The third-order valence-corrected chi connectivity index (χ3v) is 10.9. The van der Waals surface area contributed by atoms with E-state index in [1.165, 1.54) is 76.9 Å². The lowest BCUT2D eigenvalue weighted by molar-refractivity contribution is 0.656. The van der Waals surface area contributed by atoms with E-state index < -0.39 is 0 Å². The van der Waals surface area contributed by atoms with Gasteiger partial charge in [0.15, 0.2) is 0 Å². The third kappa shape index (κ3) is 4.44. The Morgan fingerprint density at radius 1 is 0.638 bits per heavy atom. The number of aryl methyl sites for hydroxylation is 1. The Morgan fingerprint density at radius 3 is 2.15 bits per heavy atom. The molecular weight excluding hydrogens is 567 g/mol. The van der Waals surface area contributed by atoms with E-state index in [0.717, 1.165) is 25.7 Å². The lowest BCUT2D eigenvalue weighted by Crippen LogP contribution is -2.28. The topological polar surface area (TPSA) is 4.93 Å². The van der Waals surface area contributed by atoms with Crippen molar-refractivity contribution in [3.63, 3.8) is 0 Å². The van der Waals surface area contributed by atoms with Gasteiger partial charge in [-0.25, -0.2) is 0 Å². The van der Waals surface area contributed by atoms with Crippen LogP contribution in [0.4, 0.5) is 0 Å². The minimum absolute atomic E-state index is 0.0902. The van der Waals surface area contributed by atoms with Crippen molar-refractivity contribution < 1.29 is 0 Å². The van der Waals surface area contributed by atoms with Gasteiger partial charge in [-0.15, -0.1) is 0 Å². The molecule has 0 saturated carbocycles. The van der Waals surface area contributed by atoms with Gasteiger partial charge in [-0.05, 0) is 76.4 Å². The number of fused-ring (bicyclic) bond motifs is 8. The van der Waals surface area contributed by atoms with Crippen LogP contribution in [0, 0.1) is 0 Å². The molecule has 1 nitrogen and oxygen atoms in total. The van der Waals surface area contributed by atoms with Gasteiger partial charge in [0.05, 0.1) is 16.7 Å². The number of hydrogen-bond donors (Lipinski definition) is 0. The smallest absolute Gasteiger partial charge is 0.0616 e. The summed E-state index contributed by atoms with van der Waals surface area (Å²) in [7, 11) is 0. The van der Waals surface area contributed by atoms with Crippen LogP contribution >= 0.6 is 0 Å². The maximum Gasteiger partial charge on any atom is 0.0616 e. The molecule has 0 bridgehead atoms. The lowest BCUT2D eigenvalue weighted by atomic mass is 9.81. The van der Waals surface area contributed by atoms with Crippen molar-refractivity contribution >= 4 is 34.0 Å². The quantitative estimate of drug-likeness (QED) is 0.178. The van der Waals surface area contributed by atoms with Crippen molar-refractivity contribution in [1.82, 2.24) is 4.57 Å². The summed E-state index contributed by atoms with van der Waals surface area (Å²) in [6, 6.07) is 50.0. The molecule has 0 fully saturated rings. The van der Waals surface area contributed by atoms with Crippen molar-refractivity contribution in [3.8, 4) is 16.8 Å². The summed E-state index contributed by atoms with van der Waals surface area (Å²) in [6.45, 7) is 4.83. The molecule has 0 saturated heterocycles. The van der Waals surface area contributed by atoms with Crippen LogP contribution < -0.4 is 10.4 Å². The normalized spacial score (nSPS) is 14.4. The number of benzene rings is 6. The molecule has 47 heavy (non-hydrogen) atoms. The van der Waals surface area contributed by atoms with E-state index in [2.05, 4.69) is 164 Å². The minimum atomic E-state index is -0.0902. The molecule has 7 aromatic rings. The Kier molecular flexibility index (Phi) is 6.57. The second-order valence-corrected chi connectivity index (χ2v) is 13.9. The Labute approximate surface area is 277 Å². The monoisotopic (exact) mass is 605 g/mol. The van der Waals surface area contributed by atoms with Gasteiger partial charge in [-0.2, -0.15) is 0 Å². The minimum Gasteiger partial charge on any atom is -0.308 e. The zero-order valence-corrected chi connectivity index (χ0v) is 27.2. The molecule has 1 aromatic heterocycles. The summed E-state index contributed by atoms with van der Waals surface area (Å²) in [5, 5.41) is 5.39. The Morgan fingerprint density at radius 2 is 1.36 bits per heavy atom. The third-order valence-electron chi connectivity index (χ3n) is 10.9. The predicted octanol–water partition coefficient (Wildman–Crippen LogP) is 10.2. The average molecular weight is 606 g/mol. The van der Waals surface area contributed by atoms with Gasteiger partial charge in [0, 0.05) is 32.9 Å². The maximum absolute atomic E-state index is 2.57. The molecule has 0 aliphatic heterocycles. The summed E-state index contributed by atoms with van der Waals surface area (Å²) in [5.74, 6) is 0.373. The van der Waals surface area contributed by atoms with Gasteiger partial charge in [0.25, 0.3) is 0 Å². The highest BCUT2D eigenvalue weighted by Gasteiger charge is 2.37. The second kappa shape index (κ2) is 11.0. The number of nitrogens with zero attached hydrogens (tertiary/aromatic N) is 1. The van der Waals surface area contributed by atoms with Crippen molar-refractivity contribution in [1.29, 1.82) is 0 Å². The van der Waals surface area contributed by atoms with Gasteiger partial charge < -0.3 is 4.57 Å². The summed E-state index contributed by atoms with van der Waals surface area (Å²) in [5.41, 5.74) is 13.6. The maximum atomic E-state index is 2.57. The van der Waals surface area contributed by atoms with E-state index in [0.29, 0.717) is 5.92 Å². The van der Waals surface area contributed by atoms with E-state index in [9.17, 15) is 0 Å². The first-order valence-corrected chi connectivity index (χ1v) is 17.2. The number of rotatable bonds is 6. The lowest BCUT2D eigenvalue weighted by Gasteiger charge is -2.23. The fourth-order valence-electron chi connectivity index (χ4n) is 8.57. The van der Waals surface area contributed by atoms with Gasteiger partial charge in [0.2, 0.25) is 0 Å². The zero-order valence-electron chi connectivity index (χ0n) is 27.2. The Hall–Kier alpha value is -5.14. The molecule has 2 aliphatic carbocycles. The first kappa shape index (κ1) is 28.1. The van der Waals surface area contributed by atoms with Crippen LogP contribution in [-0.2, 0) is 11.8 Å². The largest absolute Gasteiger partial charge is 0.308 e. The van der Waals surface area contributed by atoms with Gasteiger partial charge in [-0.3, -0.25) is 0 Å². The molecule has 228 valence electrons. The van der Waals surface area contributed by atoms with Crippen molar-refractivity contribution in [3.05, 3.63) is 172 Å². The summed E-state index contributed by atoms with van der Waals surface area (Å²) in [6.07, 6.45) is 9.18. The van der Waals surface area contributed by atoms with E-state index in [4.69, 9.17) is 0 Å². The Balaban J connectivity index is 1.18. The van der Waals surface area contributed by atoms with Crippen LogP contribution in [0.25, 0.3) is 50.8 Å². The van der Waals surface area contributed by atoms with Crippen LogP contribution in [-0.4, -0.2) is 4.57 Å². The summed E-state index contributed by atoms with van der Waals surface area (Å²) >= 11 is 0. The molecule has 0 N–H and O–H groups in total. The number of hydrogen-bond acceptors (Lipinski definition) is 0. The molecule has 1 heteroatoms. The molecule has 9 rings (SSSR count). The van der Waals surface area contributed by atoms with E-state index in [-0.39, 0.29) is 5.41 Å². The predicted molar refractivity (Wildman–Crippen MR) is 199 cm³/mol. The van der Waals surface area contributed by atoms with Crippen molar-refractivity contribution in [2.24, 2.45) is 0 Å². The molecule has 0 unspecified atom stereocenters. The van der Waals surface area contributed by atoms with Crippen LogP contribution in [0.15, 0.2) is 133 Å². The molecule has 0 amide bonds. The first-order valence-electron chi connectivity index (χ1n) is 17.2. The molecule has 0 spiro atoms. The van der Waals surface area contributed by atoms with E-state index >= 15 is 0 Å². The summed E-state index contributed by atoms with van der Waals surface area (Å²) in [4.78, 5) is 0. The molecule has 6 aromatic carbocycles. The van der Waals surface area contributed by atoms with Gasteiger partial charge >= 0.3 is 0 Å². The Bertz CT molecular complexity index is 2390. The van der Waals surface area contributed by atoms with Crippen LogP contribution in [0.1, 0.15) is 66.8 Å².